The molecule has 1 saturated heterocycles. The first kappa shape index (κ1) is 27.4. The van der Waals surface area contributed by atoms with Crippen LogP contribution in [0.5, 0.6) is 5.75 Å². The van der Waals surface area contributed by atoms with Crippen LogP contribution in [-0.2, 0) is 11.2 Å². The fourth-order valence-electron chi connectivity index (χ4n) is 6.28. The van der Waals surface area contributed by atoms with Crippen molar-refractivity contribution in [3.05, 3.63) is 107 Å². The Kier molecular flexibility index (Phi) is 8.04. The maximum Gasteiger partial charge on any atom is 0.127 e. The molecule has 0 saturated carbocycles. The Morgan fingerprint density at radius 2 is 1.63 bits per heavy atom. The second-order valence-electron chi connectivity index (χ2n) is 11.5. The smallest absolute Gasteiger partial charge is 0.127 e. The number of rotatable bonds is 9. The van der Waals surface area contributed by atoms with Gasteiger partial charge in [0.05, 0.1) is 12.6 Å². The van der Waals surface area contributed by atoms with Crippen LogP contribution in [0.15, 0.2) is 79.0 Å². The first-order chi connectivity index (χ1) is 20.0. The van der Waals surface area contributed by atoms with E-state index >= 15 is 0 Å². The largest absolute Gasteiger partial charge is 0.487 e. The molecule has 214 valence electrons. The summed E-state index contributed by atoms with van der Waals surface area (Å²) in [6.45, 7) is 15.9. The van der Waals surface area contributed by atoms with Crippen LogP contribution in [0.4, 0.5) is 5.69 Å². The predicted octanol–water partition coefficient (Wildman–Crippen LogP) is 6.09. The molecular weight excluding hydrogens is 508 g/mol. The van der Waals surface area contributed by atoms with E-state index in [1.165, 1.54) is 44.5 Å². The van der Waals surface area contributed by atoms with E-state index in [-0.39, 0.29) is 6.04 Å². The number of methoxy groups -OCH3 is 1. The van der Waals surface area contributed by atoms with Crippen LogP contribution in [-0.4, -0.2) is 74.4 Å². The Morgan fingerprint density at radius 3 is 2.37 bits per heavy atom. The van der Waals surface area contributed by atoms with E-state index in [4.69, 9.17) is 9.47 Å². The van der Waals surface area contributed by atoms with E-state index in [1.54, 1.807) is 7.11 Å². The Labute approximate surface area is 244 Å². The molecule has 41 heavy (non-hydrogen) atoms. The Hall–Kier alpha value is -3.74. The summed E-state index contributed by atoms with van der Waals surface area (Å²) in [7, 11) is 1.76. The SMILES string of the molecule is C=C(COc1ccc(C2c3[nH]c4ccc(C)cc4c3CCN2c2ccc(C)cc2)cc1)N1CCN(CCOC)CC1. The molecule has 0 amide bonds. The molecule has 6 nitrogen and oxygen atoms in total. The van der Waals surface area contributed by atoms with Crippen molar-refractivity contribution in [2.75, 3.05) is 64.5 Å². The highest BCUT2D eigenvalue weighted by Crippen LogP contribution is 2.41. The fraction of sp³-hybridized carbons (Fsp3) is 0.371. The first-order valence-corrected chi connectivity index (χ1v) is 14.8. The van der Waals surface area contributed by atoms with E-state index in [0.29, 0.717) is 6.61 Å². The minimum Gasteiger partial charge on any atom is -0.487 e. The number of hydrogen-bond donors (Lipinski definition) is 1. The minimum atomic E-state index is 0.104. The third-order valence-corrected chi connectivity index (χ3v) is 8.68. The molecular formula is C35H42N4O2. The molecule has 1 atom stereocenters. The third kappa shape index (κ3) is 5.85. The molecule has 6 heteroatoms. The number of anilines is 1. The van der Waals surface area contributed by atoms with Gasteiger partial charge in [-0.3, -0.25) is 4.90 Å². The van der Waals surface area contributed by atoms with Crippen LogP contribution in [0.1, 0.15) is 34.0 Å². The van der Waals surface area contributed by atoms with Gasteiger partial charge >= 0.3 is 0 Å². The fourth-order valence-corrected chi connectivity index (χ4v) is 6.28. The zero-order valence-corrected chi connectivity index (χ0v) is 24.7. The summed E-state index contributed by atoms with van der Waals surface area (Å²) in [4.78, 5) is 11.1. The molecule has 1 unspecified atom stereocenters. The second-order valence-corrected chi connectivity index (χ2v) is 11.5. The van der Waals surface area contributed by atoms with Crippen molar-refractivity contribution >= 4 is 16.6 Å². The van der Waals surface area contributed by atoms with Crippen molar-refractivity contribution in [1.29, 1.82) is 0 Å². The zero-order valence-electron chi connectivity index (χ0n) is 24.7. The van der Waals surface area contributed by atoms with Crippen molar-refractivity contribution in [2.24, 2.45) is 0 Å². The van der Waals surface area contributed by atoms with Gasteiger partial charge in [-0.15, -0.1) is 0 Å². The lowest BCUT2D eigenvalue weighted by molar-refractivity contribution is 0.106. The second kappa shape index (κ2) is 12.0. The quantitative estimate of drug-likeness (QED) is 0.273. The number of aromatic amines is 1. The number of aryl methyl sites for hydroxylation is 2. The monoisotopic (exact) mass is 550 g/mol. The van der Waals surface area contributed by atoms with Crippen molar-refractivity contribution in [1.82, 2.24) is 14.8 Å². The lowest BCUT2D eigenvalue weighted by Gasteiger charge is -2.38. The maximum absolute atomic E-state index is 6.21. The molecule has 1 N–H and O–H groups in total. The molecule has 3 heterocycles. The van der Waals surface area contributed by atoms with Gasteiger partial charge in [0.1, 0.15) is 12.4 Å². The summed E-state index contributed by atoms with van der Waals surface area (Å²) < 4.78 is 11.4. The maximum atomic E-state index is 6.21. The van der Waals surface area contributed by atoms with Gasteiger partial charge in [0.25, 0.3) is 0 Å². The Morgan fingerprint density at radius 1 is 0.902 bits per heavy atom. The van der Waals surface area contributed by atoms with Gasteiger partial charge in [-0.1, -0.05) is 48.0 Å². The molecule has 3 aromatic carbocycles. The molecule has 2 aliphatic heterocycles. The van der Waals surface area contributed by atoms with E-state index < -0.39 is 0 Å². The van der Waals surface area contributed by atoms with E-state index in [1.807, 2.05) is 0 Å². The van der Waals surface area contributed by atoms with Gasteiger partial charge in [0.2, 0.25) is 0 Å². The summed E-state index contributed by atoms with van der Waals surface area (Å²) in [5.41, 5.74) is 10.1. The number of ether oxygens (including phenoxy) is 2. The molecule has 4 aromatic rings. The van der Waals surface area contributed by atoms with Crippen LogP contribution in [0.2, 0.25) is 0 Å². The Balaban J connectivity index is 1.19. The summed E-state index contributed by atoms with van der Waals surface area (Å²) >= 11 is 0. The van der Waals surface area contributed by atoms with E-state index in [0.717, 1.165) is 63.7 Å². The number of aromatic nitrogens is 1. The molecule has 6 rings (SSSR count). The standard InChI is InChI=1S/C35H42N4O2/c1-25-5-10-29(11-6-25)39-16-15-31-32-23-26(2)7-14-33(32)36-34(31)35(39)28-8-12-30(13-9-28)41-24-27(3)38-19-17-37(18-20-38)21-22-40-4/h5-14,23,35-36H,3,15-22,24H2,1-2,4H3. The third-order valence-electron chi connectivity index (χ3n) is 8.68. The van der Waals surface area contributed by atoms with Crippen molar-refractivity contribution in [3.63, 3.8) is 0 Å². The normalized spacial score (nSPS) is 17.6. The molecule has 0 radical (unpaired) electrons. The zero-order chi connectivity index (χ0) is 28.3. The van der Waals surface area contributed by atoms with Crippen LogP contribution in [0.3, 0.4) is 0 Å². The molecule has 1 fully saturated rings. The van der Waals surface area contributed by atoms with Crippen molar-refractivity contribution < 1.29 is 9.47 Å². The average molecular weight is 551 g/mol. The molecule has 0 bridgehead atoms. The van der Waals surface area contributed by atoms with Gasteiger partial charge in [-0.05, 0) is 67.8 Å². The van der Waals surface area contributed by atoms with Gasteiger partial charge in [0, 0.05) is 74.4 Å². The van der Waals surface area contributed by atoms with E-state index in [9.17, 15) is 0 Å². The van der Waals surface area contributed by atoms with Crippen molar-refractivity contribution in [3.8, 4) is 5.75 Å². The number of fused-ring (bicyclic) bond motifs is 3. The van der Waals surface area contributed by atoms with E-state index in [2.05, 4.69) is 107 Å². The summed E-state index contributed by atoms with van der Waals surface area (Å²) in [6.07, 6.45) is 1.02. The lowest BCUT2D eigenvalue weighted by atomic mass is 9.91. The number of H-pyrrole nitrogens is 1. The summed E-state index contributed by atoms with van der Waals surface area (Å²) in [5, 5.41) is 1.35. The number of hydrogen-bond acceptors (Lipinski definition) is 5. The van der Waals surface area contributed by atoms with Gasteiger partial charge in [0.15, 0.2) is 0 Å². The molecule has 0 aliphatic carbocycles. The molecule has 2 aliphatic rings. The van der Waals surface area contributed by atoms with Crippen molar-refractivity contribution in [2.45, 2.75) is 26.3 Å². The lowest BCUT2D eigenvalue weighted by Crippen LogP contribution is -2.47. The number of nitrogens with one attached hydrogen (secondary N) is 1. The highest BCUT2D eigenvalue weighted by Gasteiger charge is 2.32. The summed E-state index contributed by atoms with van der Waals surface area (Å²) in [5.74, 6) is 0.874. The predicted molar refractivity (Wildman–Crippen MR) is 168 cm³/mol. The first-order valence-electron chi connectivity index (χ1n) is 14.8. The van der Waals surface area contributed by atoms with Crippen LogP contribution < -0.4 is 9.64 Å². The van der Waals surface area contributed by atoms with Crippen LogP contribution in [0, 0.1) is 13.8 Å². The highest BCUT2D eigenvalue weighted by atomic mass is 16.5. The number of nitrogens with zero attached hydrogens (tertiary/aromatic N) is 3. The van der Waals surface area contributed by atoms with Crippen LogP contribution >= 0.6 is 0 Å². The molecule has 1 aromatic heterocycles. The average Bonchev–Trinajstić information content (AvgIpc) is 3.37. The van der Waals surface area contributed by atoms with Gasteiger partial charge in [-0.25, -0.2) is 0 Å². The number of benzene rings is 3. The summed E-state index contributed by atoms with van der Waals surface area (Å²) in [6, 6.07) is 24.4. The Bertz CT molecular complexity index is 1480. The van der Waals surface area contributed by atoms with Crippen LogP contribution in [0.25, 0.3) is 10.9 Å². The van der Waals surface area contributed by atoms with Gasteiger partial charge in [-0.2, -0.15) is 0 Å². The highest BCUT2D eigenvalue weighted by molar-refractivity contribution is 5.86. The topological polar surface area (TPSA) is 44.0 Å². The minimum absolute atomic E-state index is 0.104. The van der Waals surface area contributed by atoms with Gasteiger partial charge < -0.3 is 24.3 Å². The molecule has 0 spiro atoms. The number of piperazine rings is 1.